The normalized spacial score (nSPS) is 11.2. The third-order valence-electron chi connectivity index (χ3n) is 2.50. The fourth-order valence-electron chi connectivity index (χ4n) is 1.59. The van der Waals surface area contributed by atoms with Crippen molar-refractivity contribution in [2.45, 2.75) is 12.7 Å². The van der Waals surface area contributed by atoms with Gasteiger partial charge in [-0.3, -0.25) is 4.72 Å². The van der Waals surface area contributed by atoms with E-state index in [1.165, 1.54) is 29.6 Å². The van der Waals surface area contributed by atoms with E-state index in [2.05, 4.69) is 9.71 Å². The summed E-state index contributed by atoms with van der Waals surface area (Å²) in [6.07, 6.45) is 0. The van der Waals surface area contributed by atoms with E-state index in [0.717, 1.165) is 11.3 Å². The maximum absolute atomic E-state index is 12.8. The van der Waals surface area contributed by atoms with E-state index >= 15 is 0 Å². The van der Waals surface area contributed by atoms with E-state index in [1.807, 2.05) is 0 Å². The average Bonchev–Trinajstić information content (AvgIpc) is 2.89. The highest BCUT2D eigenvalue weighted by Crippen LogP contribution is 2.19. The summed E-state index contributed by atoms with van der Waals surface area (Å²) in [6, 6.07) is 5.15. The van der Waals surface area contributed by atoms with Crippen molar-refractivity contribution in [1.82, 2.24) is 4.98 Å². The minimum atomic E-state index is -3.70. The minimum absolute atomic E-state index is 0.0475. The third kappa shape index (κ3) is 4.50. The number of sulfonamides is 1. The van der Waals surface area contributed by atoms with Crippen molar-refractivity contribution in [3.05, 3.63) is 46.7 Å². The first-order chi connectivity index (χ1) is 10.4. The Kier molecular flexibility index (Phi) is 5.09. The molecule has 1 heterocycles. The van der Waals surface area contributed by atoms with Crippen LogP contribution in [0.5, 0.6) is 0 Å². The molecule has 0 unspecified atom stereocenters. The Bertz CT molecular complexity index is 757. The molecule has 0 radical (unpaired) electrons. The number of nitrogens with one attached hydrogen (secondary N) is 1. The topological polar surface area (TPSA) is 85.4 Å². The fraction of sp³-hybridized carbons (Fsp3) is 0.231. The van der Waals surface area contributed by atoms with Crippen molar-refractivity contribution < 1.29 is 22.3 Å². The zero-order valence-corrected chi connectivity index (χ0v) is 13.2. The molecule has 22 heavy (non-hydrogen) atoms. The summed E-state index contributed by atoms with van der Waals surface area (Å²) in [5.41, 5.74) is 0.488. The van der Waals surface area contributed by atoms with Crippen LogP contribution in [0.25, 0.3) is 0 Å². The number of hydrogen-bond donors (Lipinski definition) is 1. The van der Waals surface area contributed by atoms with Crippen molar-refractivity contribution in [2.75, 3.05) is 11.3 Å². The summed E-state index contributed by atoms with van der Waals surface area (Å²) >= 11 is 0.981. The second kappa shape index (κ2) is 6.84. The SMILES string of the molecule is CCOC(=O)c1csc(NS(=O)(=O)Cc2ccc(F)cc2)n1. The predicted octanol–water partition coefficient (Wildman–Crippen LogP) is 2.40. The van der Waals surface area contributed by atoms with Crippen LogP contribution in [0.4, 0.5) is 9.52 Å². The van der Waals surface area contributed by atoms with Gasteiger partial charge in [-0.2, -0.15) is 0 Å². The van der Waals surface area contributed by atoms with Crippen molar-refractivity contribution in [3.63, 3.8) is 0 Å². The van der Waals surface area contributed by atoms with Crippen LogP contribution < -0.4 is 4.72 Å². The van der Waals surface area contributed by atoms with E-state index in [9.17, 15) is 17.6 Å². The molecule has 0 aliphatic rings. The van der Waals surface area contributed by atoms with Crippen LogP contribution in [-0.2, 0) is 20.5 Å². The summed E-state index contributed by atoms with van der Waals surface area (Å²) in [4.78, 5) is 15.3. The molecule has 2 rings (SSSR count). The van der Waals surface area contributed by atoms with Gasteiger partial charge in [-0.05, 0) is 24.6 Å². The molecule has 0 amide bonds. The van der Waals surface area contributed by atoms with Crippen LogP contribution in [0.15, 0.2) is 29.6 Å². The Morgan fingerprint density at radius 3 is 2.68 bits per heavy atom. The number of aromatic nitrogens is 1. The van der Waals surface area contributed by atoms with Crippen molar-refractivity contribution in [3.8, 4) is 0 Å². The van der Waals surface area contributed by atoms with Crippen LogP contribution in [0, 0.1) is 5.82 Å². The van der Waals surface area contributed by atoms with E-state index in [1.54, 1.807) is 6.92 Å². The number of esters is 1. The van der Waals surface area contributed by atoms with Crippen LogP contribution in [0.3, 0.4) is 0 Å². The number of benzene rings is 1. The summed E-state index contributed by atoms with van der Waals surface area (Å²) in [5.74, 6) is -1.36. The number of nitrogens with zero attached hydrogens (tertiary/aromatic N) is 1. The first kappa shape index (κ1) is 16.4. The number of anilines is 1. The van der Waals surface area contributed by atoms with Gasteiger partial charge in [0.05, 0.1) is 12.4 Å². The molecule has 0 fully saturated rings. The highest BCUT2D eigenvalue weighted by molar-refractivity contribution is 7.92. The Hall–Kier alpha value is -2.00. The van der Waals surface area contributed by atoms with Crippen molar-refractivity contribution >= 4 is 32.5 Å². The summed E-state index contributed by atoms with van der Waals surface area (Å²) in [6.45, 7) is 1.87. The Morgan fingerprint density at radius 2 is 2.05 bits per heavy atom. The lowest BCUT2D eigenvalue weighted by molar-refractivity contribution is 0.0520. The number of thiazole rings is 1. The lowest BCUT2D eigenvalue weighted by atomic mass is 10.2. The van der Waals surface area contributed by atoms with Gasteiger partial charge in [0.25, 0.3) is 0 Å². The molecule has 2 aromatic rings. The molecule has 118 valence electrons. The number of rotatable bonds is 6. The first-order valence-electron chi connectivity index (χ1n) is 6.27. The van der Waals surface area contributed by atoms with Gasteiger partial charge in [-0.1, -0.05) is 12.1 Å². The second-order valence-electron chi connectivity index (χ2n) is 4.25. The van der Waals surface area contributed by atoms with Gasteiger partial charge in [0.15, 0.2) is 10.8 Å². The molecular weight excluding hydrogens is 331 g/mol. The average molecular weight is 344 g/mol. The number of ether oxygens (including phenoxy) is 1. The van der Waals surface area contributed by atoms with Crippen LogP contribution in [0.2, 0.25) is 0 Å². The standard InChI is InChI=1S/C13H13FN2O4S2/c1-2-20-12(17)11-7-21-13(15-11)16-22(18,19)8-9-3-5-10(14)6-4-9/h3-7H,2,8H2,1H3,(H,15,16). The molecule has 9 heteroatoms. The summed E-state index contributed by atoms with van der Waals surface area (Å²) in [7, 11) is -3.70. The van der Waals surface area contributed by atoms with E-state index < -0.39 is 21.8 Å². The molecular formula is C13H13FN2O4S2. The van der Waals surface area contributed by atoms with E-state index in [-0.39, 0.29) is 23.2 Å². The molecule has 1 aromatic carbocycles. The third-order valence-corrected chi connectivity index (χ3v) is 4.61. The van der Waals surface area contributed by atoms with Gasteiger partial charge < -0.3 is 4.74 Å². The molecule has 0 aliphatic carbocycles. The van der Waals surface area contributed by atoms with Gasteiger partial charge in [-0.25, -0.2) is 22.6 Å². The quantitative estimate of drug-likeness (QED) is 0.813. The fourth-order valence-corrected chi connectivity index (χ4v) is 3.70. The number of hydrogen-bond acceptors (Lipinski definition) is 6. The van der Waals surface area contributed by atoms with Gasteiger partial charge in [-0.15, -0.1) is 11.3 Å². The van der Waals surface area contributed by atoms with Crippen molar-refractivity contribution in [1.29, 1.82) is 0 Å². The van der Waals surface area contributed by atoms with Gasteiger partial charge in [0, 0.05) is 5.38 Å². The van der Waals surface area contributed by atoms with E-state index in [4.69, 9.17) is 4.74 Å². The van der Waals surface area contributed by atoms with Crippen molar-refractivity contribution in [2.24, 2.45) is 0 Å². The van der Waals surface area contributed by atoms with Crippen LogP contribution in [-0.4, -0.2) is 26.0 Å². The predicted molar refractivity (Wildman–Crippen MR) is 80.7 cm³/mol. The maximum Gasteiger partial charge on any atom is 0.357 e. The number of carbonyl (C=O) groups is 1. The Balaban J connectivity index is 2.05. The molecule has 0 bridgehead atoms. The minimum Gasteiger partial charge on any atom is -0.461 e. The van der Waals surface area contributed by atoms with Crippen LogP contribution >= 0.6 is 11.3 Å². The van der Waals surface area contributed by atoms with Gasteiger partial charge in [0.1, 0.15) is 5.82 Å². The summed E-state index contributed by atoms with van der Waals surface area (Å²) < 4.78 is 43.8. The van der Waals surface area contributed by atoms with E-state index in [0.29, 0.717) is 5.56 Å². The Labute approximate surface area is 131 Å². The molecule has 0 aliphatic heterocycles. The van der Waals surface area contributed by atoms with Gasteiger partial charge in [0.2, 0.25) is 10.0 Å². The molecule has 0 saturated carbocycles. The molecule has 0 atom stereocenters. The van der Waals surface area contributed by atoms with Gasteiger partial charge >= 0.3 is 5.97 Å². The highest BCUT2D eigenvalue weighted by Gasteiger charge is 2.17. The zero-order chi connectivity index (χ0) is 16.2. The lowest BCUT2D eigenvalue weighted by Crippen LogP contribution is -2.15. The highest BCUT2D eigenvalue weighted by atomic mass is 32.2. The second-order valence-corrected chi connectivity index (χ2v) is 6.83. The maximum atomic E-state index is 12.8. The largest absolute Gasteiger partial charge is 0.461 e. The molecule has 1 N–H and O–H groups in total. The summed E-state index contributed by atoms with van der Waals surface area (Å²) in [5, 5.41) is 1.48. The molecule has 6 nitrogen and oxygen atoms in total. The zero-order valence-electron chi connectivity index (χ0n) is 11.6. The monoisotopic (exact) mass is 344 g/mol. The van der Waals surface area contributed by atoms with Crippen LogP contribution in [0.1, 0.15) is 23.0 Å². The Morgan fingerprint density at radius 1 is 1.36 bits per heavy atom. The molecule has 0 spiro atoms. The smallest absolute Gasteiger partial charge is 0.357 e. The number of carbonyl (C=O) groups excluding carboxylic acids is 1. The molecule has 0 saturated heterocycles. The first-order valence-corrected chi connectivity index (χ1v) is 8.80. The molecule has 1 aromatic heterocycles. The lowest BCUT2D eigenvalue weighted by Gasteiger charge is -2.05. The number of halogens is 1.